The summed E-state index contributed by atoms with van der Waals surface area (Å²) in [7, 11) is 3.40. The zero-order chi connectivity index (χ0) is 15.1. The van der Waals surface area contributed by atoms with Crippen LogP contribution in [0.15, 0.2) is 48.5 Å². The number of benzene rings is 2. The van der Waals surface area contributed by atoms with E-state index < -0.39 is 0 Å². The van der Waals surface area contributed by atoms with Gasteiger partial charge < -0.3 is 9.47 Å². The van der Waals surface area contributed by atoms with Crippen molar-refractivity contribution >= 4 is 11.6 Å². The first-order valence-electron chi connectivity index (χ1n) is 7.07. The molecular weight excluding hydrogens is 284 g/mol. The number of halogens is 1. The Balaban J connectivity index is 2.00. The molecule has 1 atom stereocenters. The predicted octanol–water partition coefficient (Wildman–Crippen LogP) is 4.41. The Morgan fingerprint density at radius 1 is 1.00 bits per heavy atom. The summed E-state index contributed by atoms with van der Waals surface area (Å²) in [6.07, 6.45) is 1.72. The third kappa shape index (κ3) is 4.76. The van der Waals surface area contributed by atoms with Crippen molar-refractivity contribution in [2.24, 2.45) is 0 Å². The number of rotatable bonds is 7. The fourth-order valence-corrected chi connectivity index (χ4v) is 2.56. The molecule has 2 aromatic carbocycles. The quantitative estimate of drug-likeness (QED) is 0.706. The second kappa shape index (κ2) is 8.06. The molecule has 0 aromatic heterocycles. The van der Waals surface area contributed by atoms with Gasteiger partial charge in [-0.15, -0.1) is 11.6 Å². The third-order valence-corrected chi connectivity index (χ3v) is 3.89. The topological polar surface area (TPSA) is 18.5 Å². The van der Waals surface area contributed by atoms with Crippen LogP contribution in [0.25, 0.3) is 0 Å². The van der Waals surface area contributed by atoms with E-state index in [0.717, 1.165) is 30.8 Å². The molecule has 0 aliphatic heterocycles. The number of hydrogen-bond donors (Lipinski definition) is 0. The van der Waals surface area contributed by atoms with Crippen molar-refractivity contribution in [3.63, 3.8) is 0 Å². The van der Waals surface area contributed by atoms with E-state index in [4.69, 9.17) is 21.1 Å². The number of hydrogen-bond acceptors (Lipinski definition) is 2. The van der Waals surface area contributed by atoms with Gasteiger partial charge in [-0.2, -0.15) is 0 Å². The van der Waals surface area contributed by atoms with E-state index >= 15 is 0 Å². The summed E-state index contributed by atoms with van der Waals surface area (Å²) >= 11 is 6.53. The van der Waals surface area contributed by atoms with Crippen LogP contribution in [0, 0.1) is 0 Å². The minimum atomic E-state index is -0.0337. The fraction of sp³-hybridized carbons (Fsp3) is 0.333. The van der Waals surface area contributed by atoms with Gasteiger partial charge in [0.05, 0.1) is 19.1 Å². The molecule has 0 aliphatic rings. The predicted molar refractivity (Wildman–Crippen MR) is 87.3 cm³/mol. The smallest absolute Gasteiger partial charge is 0.119 e. The minimum absolute atomic E-state index is 0.0337. The summed E-state index contributed by atoms with van der Waals surface area (Å²) in [6.45, 7) is 0.744. The van der Waals surface area contributed by atoms with Crippen LogP contribution in [0.3, 0.4) is 0 Å². The van der Waals surface area contributed by atoms with Gasteiger partial charge in [0, 0.05) is 7.11 Å². The van der Waals surface area contributed by atoms with Crippen LogP contribution in [0.2, 0.25) is 0 Å². The molecule has 2 aromatic rings. The summed E-state index contributed by atoms with van der Waals surface area (Å²) in [5.41, 5.74) is 3.59. The maximum Gasteiger partial charge on any atom is 0.119 e. The fourth-order valence-electron chi connectivity index (χ4n) is 2.24. The molecule has 0 amide bonds. The highest BCUT2D eigenvalue weighted by Crippen LogP contribution is 2.26. The lowest BCUT2D eigenvalue weighted by Gasteiger charge is -2.12. The van der Waals surface area contributed by atoms with Crippen molar-refractivity contribution in [3.05, 3.63) is 65.2 Å². The first-order valence-corrected chi connectivity index (χ1v) is 7.51. The molecule has 0 spiro atoms. The number of methoxy groups -OCH3 is 2. The molecule has 3 heteroatoms. The Morgan fingerprint density at radius 2 is 1.76 bits per heavy atom. The van der Waals surface area contributed by atoms with Gasteiger partial charge in [0.15, 0.2) is 0 Å². The van der Waals surface area contributed by atoms with Crippen molar-refractivity contribution in [2.75, 3.05) is 20.8 Å². The van der Waals surface area contributed by atoms with Crippen LogP contribution >= 0.6 is 11.6 Å². The highest BCUT2D eigenvalue weighted by atomic mass is 35.5. The van der Waals surface area contributed by atoms with E-state index in [0.29, 0.717) is 0 Å². The summed E-state index contributed by atoms with van der Waals surface area (Å²) in [5, 5.41) is -0.0337. The largest absolute Gasteiger partial charge is 0.497 e. The Morgan fingerprint density at radius 3 is 2.43 bits per heavy atom. The molecule has 21 heavy (non-hydrogen) atoms. The number of alkyl halides is 1. The SMILES string of the molecule is COCCc1ccc(C(Cl)Cc2cccc(OC)c2)cc1. The van der Waals surface area contributed by atoms with Crippen LogP contribution in [-0.4, -0.2) is 20.8 Å². The van der Waals surface area contributed by atoms with Gasteiger partial charge in [-0.25, -0.2) is 0 Å². The normalized spacial score (nSPS) is 12.1. The van der Waals surface area contributed by atoms with Gasteiger partial charge in [-0.05, 0) is 41.7 Å². The van der Waals surface area contributed by atoms with Crippen LogP contribution < -0.4 is 4.74 Å². The summed E-state index contributed by atoms with van der Waals surface area (Å²) in [5.74, 6) is 0.867. The molecule has 2 nitrogen and oxygen atoms in total. The molecular formula is C18H21ClO2. The van der Waals surface area contributed by atoms with Crippen molar-refractivity contribution in [1.82, 2.24) is 0 Å². The highest BCUT2D eigenvalue weighted by Gasteiger charge is 2.09. The molecule has 0 radical (unpaired) electrons. The molecule has 0 saturated heterocycles. The minimum Gasteiger partial charge on any atom is -0.497 e. The van der Waals surface area contributed by atoms with E-state index in [1.54, 1.807) is 14.2 Å². The van der Waals surface area contributed by atoms with Gasteiger partial charge >= 0.3 is 0 Å². The zero-order valence-corrected chi connectivity index (χ0v) is 13.3. The van der Waals surface area contributed by atoms with Crippen LogP contribution in [0.4, 0.5) is 0 Å². The van der Waals surface area contributed by atoms with Gasteiger partial charge in [0.1, 0.15) is 5.75 Å². The van der Waals surface area contributed by atoms with Crippen molar-refractivity contribution < 1.29 is 9.47 Å². The van der Waals surface area contributed by atoms with Crippen molar-refractivity contribution in [1.29, 1.82) is 0 Å². The Hall–Kier alpha value is -1.51. The third-order valence-electron chi connectivity index (χ3n) is 3.49. The van der Waals surface area contributed by atoms with Crippen molar-refractivity contribution in [2.45, 2.75) is 18.2 Å². The molecule has 0 aliphatic carbocycles. The van der Waals surface area contributed by atoms with E-state index in [1.165, 1.54) is 11.1 Å². The van der Waals surface area contributed by atoms with Gasteiger partial charge in [-0.3, -0.25) is 0 Å². The molecule has 112 valence electrons. The molecule has 0 heterocycles. The average molecular weight is 305 g/mol. The maximum absolute atomic E-state index is 6.53. The first-order chi connectivity index (χ1) is 10.2. The lowest BCUT2D eigenvalue weighted by atomic mass is 10.0. The molecule has 0 N–H and O–H groups in total. The van der Waals surface area contributed by atoms with Gasteiger partial charge in [0.25, 0.3) is 0 Å². The Bertz CT molecular complexity index is 551. The van der Waals surface area contributed by atoms with E-state index in [9.17, 15) is 0 Å². The van der Waals surface area contributed by atoms with E-state index in [2.05, 4.69) is 30.3 Å². The van der Waals surface area contributed by atoms with Crippen molar-refractivity contribution in [3.8, 4) is 5.75 Å². The summed E-state index contributed by atoms with van der Waals surface area (Å²) in [6, 6.07) is 16.5. The second-order valence-corrected chi connectivity index (χ2v) is 5.53. The zero-order valence-electron chi connectivity index (χ0n) is 12.5. The Kier molecular flexibility index (Phi) is 6.09. The number of ether oxygens (including phenoxy) is 2. The standard InChI is InChI=1S/C18H21ClO2/c1-20-11-10-14-6-8-16(9-7-14)18(19)13-15-4-3-5-17(12-15)21-2/h3-9,12,18H,10-11,13H2,1-2H3. The first kappa shape index (κ1) is 15.9. The molecule has 0 bridgehead atoms. The summed E-state index contributed by atoms with van der Waals surface area (Å²) in [4.78, 5) is 0. The van der Waals surface area contributed by atoms with E-state index in [1.807, 2.05) is 18.2 Å². The molecule has 0 saturated carbocycles. The maximum atomic E-state index is 6.53. The monoisotopic (exact) mass is 304 g/mol. The van der Waals surface area contributed by atoms with E-state index in [-0.39, 0.29) is 5.38 Å². The summed E-state index contributed by atoms with van der Waals surface area (Å²) < 4.78 is 10.3. The molecule has 1 unspecified atom stereocenters. The molecule has 2 rings (SSSR count). The Labute approximate surface area is 131 Å². The van der Waals surface area contributed by atoms with Crippen LogP contribution in [0.1, 0.15) is 22.1 Å². The molecule has 0 fully saturated rings. The van der Waals surface area contributed by atoms with Crippen LogP contribution in [-0.2, 0) is 17.6 Å². The van der Waals surface area contributed by atoms with Gasteiger partial charge in [0.2, 0.25) is 0 Å². The second-order valence-electron chi connectivity index (χ2n) is 5.01. The lowest BCUT2D eigenvalue weighted by molar-refractivity contribution is 0.202. The van der Waals surface area contributed by atoms with Crippen LogP contribution in [0.5, 0.6) is 5.75 Å². The highest BCUT2D eigenvalue weighted by molar-refractivity contribution is 6.20. The average Bonchev–Trinajstić information content (AvgIpc) is 2.53. The lowest BCUT2D eigenvalue weighted by Crippen LogP contribution is -1.98. The van der Waals surface area contributed by atoms with Gasteiger partial charge in [-0.1, -0.05) is 36.4 Å².